The molecule has 0 atom stereocenters. The van der Waals surface area contributed by atoms with Crippen molar-refractivity contribution in [1.82, 2.24) is 20.0 Å². The van der Waals surface area contributed by atoms with Gasteiger partial charge in [-0.1, -0.05) is 18.6 Å². The van der Waals surface area contributed by atoms with Crippen molar-refractivity contribution in [1.29, 1.82) is 0 Å². The first-order valence-electron chi connectivity index (χ1n) is 10.9. The molecular formula is C23H36N4O2. The van der Waals surface area contributed by atoms with Gasteiger partial charge in [0.15, 0.2) is 0 Å². The lowest BCUT2D eigenvalue weighted by molar-refractivity contribution is -0.124. The largest absolute Gasteiger partial charge is 0.350 e. The Balaban J connectivity index is 1.45. The maximum absolute atomic E-state index is 12.8. The van der Waals surface area contributed by atoms with Gasteiger partial charge in [0, 0.05) is 43.8 Å². The standard InChI is InChI=1S/C23H36N4O2/c1-23(2,3)24-21(28)18-26-13-15-27(16-14-26)22(29)20-9-7-19(8-10-20)17-25-11-5-4-6-12-25/h7-10H,4-6,11-18H2,1-3H3,(H,24,28). The molecule has 2 amide bonds. The number of hydrogen-bond donors (Lipinski definition) is 1. The Bertz CT molecular complexity index is 682. The Labute approximate surface area is 175 Å². The zero-order valence-corrected chi connectivity index (χ0v) is 18.2. The van der Waals surface area contributed by atoms with Crippen molar-refractivity contribution >= 4 is 11.8 Å². The summed E-state index contributed by atoms with van der Waals surface area (Å²) in [6.07, 6.45) is 3.93. The molecule has 1 aromatic rings. The van der Waals surface area contributed by atoms with E-state index < -0.39 is 0 Å². The van der Waals surface area contributed by atoms with Crippen molar-refractivity contribution in [2.24, 2.45) is 0 Å². The molecule has 0 spiro atoms. The van der Waals surface area contributed by atoms with E-state index in [4.69, 9.17) is 0 Å². The fourth-order valence-electron chi connectivity index (χ4n) is 4.08. The SMILES string of the molecule is CC(C)(C)NC(=O)CN1CCN(C(=O)c2ccc(CN3CCCCC3)cc2)CC1. The maximum Gasteiger partial charge on any atom is 0.253 e. The average Bonchev–Trinajstić information content (AvgIpc) is 2.68. The first kappa shape index (κ1) is 21.8. The molecule has 2 fully saturated rings. The van der Waals surface area contributed by atoms with Gasteiger partial charge in [0.25, 0.3) is 5.91 Å². The molecule has 3 rings (SSSR count). The predicted octanol–water partition coefficient (Wildman–Crippen LogP) is 2.34. The van der Waals surface area contributed by atoms with Crippen molar-refractivity contribution in [3.63, 3.8) is 0 Å². The van der Waals surface area contributed by atoms with E-state index in [2.05, 4.69) is 27.2 Å². The normalized spacial score (nSPS) is 19.2. The van der Waals surface area contributed by atoms with Gasteiger partial charge in [-0.3, -0.25) is 19.4 Å². The lowest BCUT2D eigenvalue weighted by atomic mass is 10.1. The number of carbonyl (C=O) groups excluding carboxylic acids is 2. The number of piperazine rings is 1. The molecule has 2 heterocycles. The molecule has 1 N–H and O–H groups in total. The number of amides is 2. The van der Waals surface area contributed by atoms with Crippen molar-refractivity contribution in [2.75, 3.05) is 45.8 Å². The first-order valence-corrected chi connectivity index (χ1v) is 10.9. The van der Waals surface area contributed by atoms with Crippen LogP contribution in [0.1, 0.15) is 56.0 Å². The highest BCUT2D eigenvalue weighted by atomic mass is 16.2. The van der Waals surface area contributed by atoms with Gasteiger partial charge in [-0.25, -0.2) is 0 Å². The van der Waals surface area contributed by atoms with Crippen LogP contribution in [-0.2, 0) is 11.3 Å². The Morgan fingerprint density at radius 3 is 2.07 bits per heavy atom. The van der Waals surface area contributed by atoms with Crippen LogP contribution in [0.15, 0.2) is 24.3 Å². The Hall–Kier alpha value is -1.92. The lowest BCUT2D eigenvalue weighted by Crippen LogP contribution is -2.52. The van der Waals surface area contributed by atoms with Gasteiger partial charge in [-0.15, -0.1) is 0 Å². The summed E-state index contributed by atoms with van der Waals surface area (Å²) < 4.78 is 0. The molecular weight excluding hydrogens is 364 g/mol. The molecule has 0 bridgehead atoms. The van der Waals surface area contributed by atoms with Crippen molar-refractivity contribution in [3.8, 4) is 0 Å². The summed E-state index contributed by atoms with van der Waals surface area (Å²) in [6.45, 7) is 12.5. The minimum absolute atomic E-state index is 0.0431. The van der Waals surface area contributed by atoms with Crippen LogP contribution in [0, 0.1) is 0 Å². The Morgan fingerprint density at radius 1 is 0.862 bits per heavy atom. The number of piperidine rings is 1. The van der Waals surface area contributed by atoms with E-state index in [0.29, 0.717) is 19.6 Å². The fourth-order valence-corrected chi connectivity index (χ4v) is 4.08. The number of carbonyl (C=O) groups is 2. The quantitative estimate of drug-likeness (QED) is 0.824. The van der Waals surface area contributed by atoms with Gasteiger partial charge >= 0.3 is 0 Å². The van der Waals surface area contributed by atoms with E-state index in [1.54, 1.807) is 0 Å². The third-order valence-corrected chi connectivity index (χ3v) is 5.60. The van der Waals surface area contributed by atoms with Crippen molar-refractivity contribution in [3.05, 3.63) is 35.4 Å². The second-order valence-electron chi connectivity index (χ2n) is 9.40. The van der Waals surface area contributed by atoms with Crippen molar-refractivity contribution < 1.29 is 9.59 Å². The molecule has 0 aliphatic carbocycles. The fraction of sp³-hybridized carbons (Fsp3) is 0.652. The molecule has 29 heavy (non-hydrogen) atoms. The average molecular weight is 401 g/mol. The van der Waals surface area contributed by atoms with Crippen LogP contribution in [-0.4, -0.2) is 77.9 Å². The highest BCUT2D eigenvalue weighted by molar-refractivity contribution is 5.94. The summed E-state index contributed by atoms with van der Waals surface area (Å²) in [5.74, 6) is 0.134. The van der Waals surface area contributed by atoms with Crippen LogP contribution in [0.3, 0.4) is 0 Å². The van der Waals surface area contributed by atoms with Crippen LogP contribution in [0.2, 0.25) is 0 Å². The zero-order valence-electron chi connectivity index (χ0n) is 18.2. The topological polar surface area (TPSA) is 55.9 Å². The van der Waals surface area contributed by atoms with Gasteiger partial charge in [0.1, 0.15) is 0 Å². The summed E-state index contributed by atoms with van der Waals surface area (Å²) in [7, 11) is 0. The summed E-state index contributed by atoms with van der Waals surface area (Å²) in [6, 6.07) is 8.11. The van der Waals surface area contributed by atoms with E-state index in [1.165, 1.54) is 37.9 Å². The second kappa shape index (κ2) is 9.72. The van der Waals surface area contributed by atoms with Crippen LogP contribution in [0.5, 0.6) is 0 Å². The van der Waals surface area contributed by atoms with E-state index >= 15 is 0 Å². The Morgan fingerprint density at radius 2 is 1.48 bits per heavy atom. The summed E-state index contributed by atoms with van der Waals surface area (Å²) in [5.41, 5.74) is 1.82. The molecule has 0 saturated carbocycles. The van der Waals surface area contributed by atoms with E-state index in [1.807, 2.05) is 37.8 Å². The van der Waals surface area contributed by atoms with Gasteiger partial charge in [-0.2, -0.15) is 0 Å². The minimum Gasteiger partial charge on any atom is -0.350 e. The molecule has 0 unspecified atom stereocenters. The van der Waals surface area contributed by atoms with Crippen LogP contribution >= 0.6 is 0 Å². The molecule has 2 saturated heterocycles. The predicted molar refractivity (Wildman–Crippen MR) is 116 cm³/mol. The number of likely N-dealkylation sites (tertiary alicyclic amines) is 1. The van der Waals surface area contributed by atoms with E-state index in [0.717, 1.165) is 25.2 Å². The summed E-state index contributed by atoms with van der Waals surface area (Å²) in [5, 5.41) is 3.00. The molecule has 160 valence electrons. The number of benzene rings is 1. The molecule has 6 heteroatoms. The van der Waals surface area contributed by atoms with Gasteiger partial charge in [-0.05, 0) is 64.4 Å². The molecule has 2 aliphatic heterocycles. The number of nitrogens with zero attached hydrogens (tertiary/aromatic N) is 3. The lowest BCUT2D eigenvalue weighted by Gasteiger charge is -2.35. The van der Waals surface area contributed by atoms with Gasteiger partial charge < -0.3 is 10.2 Å². The van der Waals surface area contributed by atoms with E-state index in [9.17, 15) is 9.59 Å². The third-order valence-electron chi connectivity index (χ3n) is 5.60. The molecule has 2 aliphatic rings. The first-order chi connectivity index (χ1) is 13.8. The van der Waals surface area contributed by atoms with Crippen LogP contribution < -0.4 is 5.32 Å². The number of hydrogen-bond acceptors (Lipinski definition) is 4. The summed E-state index contributed by atoms with van der Waals surface area (Å²) in [4.78, 5) is 31.5. The van der Waals surface area contributed by atoms with Gasteiger partial charge in [0.05, 0.1) is 6.54 Å². The van der Waals surface area contributed by atoms with Gasteiger partial charge in [0.2, 0.25) is 5.91 Å². The molecule has 0 aromatic heterocycles. The van der Waals surface area contributed by atoms with Crippen LogP contribution in [0.4, 0.5) is 0 Å². The monoisotopic (exact) mass is 400 g/mol. The van der Waals surface area contributed by atoms with E-state index in [-0.39, 0.29) is 17.4 Å². The van der Waals surface area contributed by atoms with Crippen LogP contribution in [0.25, 0.3) is 0 Å². The minimum atomic E-state index is -0.213. The molecule has 6 nitrogen and oxygen atoms in total. The maximum atomic E-state index is 12.8. The summed E-state index contributed by atoms with van der Waals surface area (Å²) >= 11 is 0. The highest BCUT2D eigenvalue weighted by Crippen LogP contribution is 2.15. The third kappa shape index (κ3) is 6.82. The van der Waals surface area contributed by atoms with Crippen molar-refractivity contribution in [2.45, 2.75) is 52.1 Å². The second-order valence-corrected chi connectivity index (χ2v) is 9.40. The Kier molecular flexibility index (Phi) is 7.30. The highest BCUT2D eigenvalue weighted by Gasteiger charge is 2.24. The number of nitrogens with one attached hydrogen (secondary N) is 1. The zero-order chi connectivity index (χ0) is 20.9. The molecule has 0 radical (unpaired) electrons. The smallest absolute Gasteiger partial charge is 0.253 e. The molecule has 1 aromatic carbocycles. The number of rotatable bonds is 5.